The molecule has 130 valence electrons. The van der Waals surface area contributed by atoms with Gasteiger partial charge in [0.1, 0.15) is 22.8 Å². The van der Waals surface area contributed by atoms with E-state index in [1.165, 1.54) is 16.0 Å². The highest BCUT2D eigenvalue weighted by Gasteiger charge is 2.17. The van der Waals surface area contributed by atoms with Crippen LogP contribution in [0.25, 0.3) is 10.2 Å². The van der Waals surface area contributed by atoms with Crippen LogP contribution in [0, 0.1) is 13.8 Å². The molecule has 1 saturated heterocycles. The number of aryl methyl sites for hydroxylation is 2. The van der Waals surface area contributed by atoms with Crippen molar-refractivity contribution in [3.8, 4) is 0 Å². The standard InChI is InChI=1S/C18H21N5OS/c1-12-13(2)25-18-15(12)16(21-11-22-18)20-10-14-4-3-5-19-17(14)23-6-8-24-9-7-23/h3-5,11H,6-10H2,1-2H3,(H,20,21,22). The summed E-state index contributed by atoms with van der Waals surface area (Å²) in [7, 11) is 0. The van der Waals surface area contributed by atoms with Crippen LogP contribution in [0.3, 0.4) is 0 Å². The zero-order valence-corrected chi connectivity index (χ0v) is 15.3. The molecule has 0 amide bonds. The van der Waals surface area contributed by atoms with Gasteiger partial charge in [0.2, 0.25) is 0 Å². The van der Waals surface area contributed by atoms with Crippen molar-refractivity contribution in [2.45, 2.75) is 20.4 Å². The summed E-state index contributed by atoms with van der Waals surface area (Å²) < 4.78 is 5.45. The Hall–Kier alpha value is -2.25. The molecule has 7 heteroatoms. The summed E-state index contributed by atoms with van der Waals surface area (Å²) in [5.41, 5.74) is 2.42. The maximum Gasteiger partial charge on any atom is 0.138 e. The van der Waals surface area contributed by atoms with Crippen molar-refractivity contribution in [1.82, 2.24) is 15.0 Å². The lowest BCUT2D eigenvalue weighted by atomic mass is 10.2. The lowest BCUT2D eigenvalue weighted by Gasteiger charge is -2.29. The van der Waals surface area contributed by atoms with Crippen LogP contribution in [-0.2, 0) is 11.3 Å². The first-order valence-corrected chi connectivity index (χ1v) is 9.27. The number of nitrogens with zero attached hydrogens (tertiary/aromatic N) is 4. The summed E-state index contributed by atoms with van der Waals surface area (Å²) in [4.78, 5) is 18.1. The Balaban J connectivity index is 1.60. The molecule has 0 aliphatic carbocycles. The van der Waals surface area contributed by atoms with E-state index in [0.717, 1.165) is 48.2 Å². The minimum Gasteiger partial charge on any atom is -0.378 e. The largest absolute Gasteiger partial charge is 0.378 e. The maximum absolute atomic E-state index is 5.45. The second kappa shape index (κ2) is 6.93. The van der Waals surface area contributed by atoms with Crippen molar-refractivity contribution >= 4 is 33.2 Å². The zero-order valence-electron chi connectivity index (χ0n) is 14.5. The molecule has 1 aliphatic heterocycles. The molecule has 0 spiro atoms. The Morgan fingerprint density at radius 1 is 1.20 bits per heavy atom. The number of rotatable bonds is 4. The van der Waals surface area contributed by atoms with E-state index in [1.54, 1.807) is 17.7 Å². The molecule has 0 radical (unpaired) electrons. The van der Waals surface area contributed by atoms with Crippen molar-refractivity contribution in [1.29, 1.82) is 0 Å². The van der Waals surface area contributed by atoms with Gasteiger partial charge in [0.15, 0.2) is 0 Å². The van der Waals surface area contributed by atoms with Crippen molar-refractivity contribution < 1.29 is 4.74 Å². The molecule has 0 unspecified atom stereocenters. The SMILES string of the molecule is Cc1sc2ncnc(NCc3cccnc3N3CCOCC3)c2c1C. The fourth-order valence-electron chi connectivity index (χ4n) is 3.12. The first-order valence-electron chi connectivity index (χ1n) is 8.45. The number of pyridine rings is 1. The van der Waals surface area contributed by atoms with Gasteiger partial charge in [-0.2, -0.15) is 0 Å². The van der Waals surface area contributed by atoms with Gasteiger partial charge in [-0.1, -0.05) is 6.07 Å². The predicted octanol–water partition coefficient (Wildman–Crippen LogP) is 3.15. The Kier molecular flexibility index (Phi) is 4.50. The molecule has 1 aliphatic rings. The van der Waals surface area contributed by atoms with Crippen LogP contribution < -0.4 is 10.2 Å². The first kappa shape index (κ1) is 16.2. The third-order valence-electron chi connectivity index (χ3n) is 4.59. The molecule has 3 aromatic heterocycles. The van der Waals surface area contributed by atoms with Crippen LogP contribution in [0.5, 0.6) is 0 Å². The average Bonchev–Trinajstić information content (AvgIpc) is 2.96. The third-order valence-corrected chi connectivity index (χ3v) is 5.71. The molecule has 0 bridgehead atoms. The van der Waals surface area contributed by atoms with E-state index in [9.17, 15) is 0 Å². The van der Waals surface area contributed by atoms with E-state index < -0.39 is 0 Å². The van der Waals surface area contributed by atoms with E-state index in [0.29, 0.717) is 6.54 Å². The smallest absolute Gasteiger partial charge is 0.138 e. The molecule has 0 atom stereocenters. The van der Waals surface area contributed by atoms with Gasteiger partial charge in [-0.3, -0.25) is 0 Å². The lowest BCUT2D eigenvalue weighted by molar-refractivity contribution is 0.122. The minimum atomic E-state index is 0.682. The number of hydrogen-bond donors (Lipinski definition) is 1. The predicted molar refractivity (Wildman–Crippen MR) is 101 cm³/mol. The highest BCUT2D eigenvalue weighted by atomic mass is 32.1. The molecule has 1 N–H and O–H groups in total. The van der Waals surface area contributed by atoms with Gasteiger partial charge >= 0.3 is 0 Å². The molecular formula is C18H21N5OS. The van der Waals surface area contributed by atoms with Crippen molar-refractivity contribution in [2.24, 2.45) is 0 Å². The van der Waals surface area contributed by atoms with Crippen molar-refractivity contribution in [2.75, 3.05) is 36.5 Å². The van der Waals surface area contributed by atoms with Gasteiger partial charge in [-0.25, -0.2) is 15.0 Å². The molecule has 4 rings (SSSR count). The van der Waals surface area contributed by atoms with Crippen LogP contribution in [0.1, 0.15) is 16.0 Å². The Labute approximate surface area is 150 Å². The van der Waals surface area contributed by atoms with E-state index in [-0.39, 0.29) is 0 Å². The minimum absolute atomic E-state index is 0.682. The Morgan fingerprint density at radius 2 is 2.04 bits per heavy atom. The highest BCUT2D eigenvalue weighted by molar-refractivity contribution is 7.18. The van der Waals surface area contributed by atoms with Crippen LogP contribution >= 0.6 is 11.3 Å². The Morgan fingerprint density at radius 3 is 2.88 bits per heavy atom. The molecular weight excluding hydrogens is 334 g/mol. The van der Waals surface area contributed by atoms with Crippen molar-refractivity contribution in [3.63, 3.8) is 0 Å². The van der Waals surface area contributed by atoms with Crippen LogP contribution in [0.15, 0.2) is 24.7 Å². The molecule has 1 fully saturated rings. The number of thiophene rings is 1. The van der Waals surface area contributed by atoms with Gasteiger partial charge in [-0.05, 0) is 25.5 Å². The van der Waals surface area contributed by atoms with Crippen LogP contribution in [-0.4, -0.2) is 41.3 Å². The number of nitrogens with one attached hydrogen (secondary N) is 1. The fourth-order valence-corrected chi connectivity index (χ4v) is 4.12. The zero-order chi connectivity index (χ0) is 17.2. The normalized spacial score (nSPS) is 14.9. The molecule has 0 aromatic carbocycles. The van der Waals surface area contributed by atoms with E-state index >= 15 is 0 Å². The number of fused-ring (bicyclic) bond motifs is 1. The van der Waals surface area contributed by atoms with Gasteiger partial charge in [0, 0.05) is 36.3 Å². The first-order chi connectivity index (χ1) is 12.2. The second-order valence-electron chi connectivity index (χ2n) is 6.12. The molecule has 3 aromatic rings. The number of ether oxygens (including phenoxy) is 1. The summed E-state index contributed by atoms with van der Waals surface area (Å²) >= 11 is 1.71. The van der Waals surface area contributed by atoms with Gasteiger partial charge in [-0.15, -0.1) is 11.3 Å². The van der Waals surface area contributed by atoms with E-state index in [2.05, 4.69) is 45.1 Å². The molecule has 25 heavy (non-hydrogen) atoms. The Bertz CT molecular complexity index is 888. The van der Waals surface area contributed by atoms with Gasteiger partial charge in [0.25, 0.3) is 0 Å². The van der Waals surface area contributed by atoms with E-state index in [1.807, 2.05) is 12.3 Å². The molecule has 0 saturated carbocycles. The summed E-state index contributed by atoms with van der Waals surface area (Å²) in [6.07, 6.45) is 3.48. The van der Waals surface area contributed by atoms with Crippen molar-refractivity contribution in [3.05, 3.63) is 40.7 Å². The summed E-state index contributed by atoms with van der Waals surface area (Å²) in [5.74, 6) is 1.92. The van der Waals surface area contributed by atoms with Crippen LogP contribution in [0.2, 0.25) is 0 Å². The summed E-state index contributed by atoms with van der Waals surface area (Å²) in [5, 5.41) is 4.62. The number of hydrogen-bond acceptors (Lipinski definition) is 7. The summed E-state index contributed by atoms with van der Waals surface area (Å²) in [6.45, 7) is 8.21. The van der Waals surface area contributed by atoms with E-state index in [4.69, 9.17) is 4.74 Å². The fraction of sp³-hybridized carbons (Fsp3) is 0.389. The monoisotopic (exact) mass is 355 g/mol. The molecule has 6 nitrogen and oxygen atoms in total. The third kappa shape index (κ3) is 3.17. The number of anilines is 2. The average molecular weight is 355 g/mol. The molecule has 4 heterocycles. The summed E-state index contributed by atoms with van der Waals surface area (Å²) in [6, 6.07) is 4.10. The van der Waals surface area contributed by atoms with Crippen LogP contribution in [0.4, 0.5) is 11.6 Å². The van der Waals surface area contributed by atoms with Gasteiger partial charge < -0.3 is 15.0 Å². The number of morpholine rings is 1. The second-order valence-corrected chi connectivity index (χ2v) is 7.33. The maximum atomic E-state index is 5.45. The lowest BCUT2D eigenvalue weighted by Crippen LogP contribution is -2.37. The highest BCUT2D eigenvalue weighted by Crippen LogP contribution is 2.32. The topological polar surface area (TPSA) is 63.2 Å². The van der Waals surface area contributed by atoms with Gasteiger partial charge in [0.05, 0.1) is 18.6 Å². The quantitative estimate of drug-likeness (QED) is 0.776. The number of aromatic nitrogens is 3.